The van der Waals surface area contributed by atoms with E-state index in [0.717, 1.165) is 45.1 Å². The van der Waals surface area contributed by atoms with Crippen LogP contribution in [0.4, 0.5) is 13.2 Å². The number of alkyl halides is 3. The van der Waals surface area contributed by atoms with Crippen LogP contribution in [0, 0.1) is 17.8 Å². The Kier molecular flexibility index (Phi) is 7.39. The Morgan fingerprint density at radius 1 is 1.00 bits per heavy atom. The molecule has 0 aromatic heterocycles. The maximum Gasteiger partial charge on any atom is 0.490 e. The number of fused-ring (bicyclic) bond motifs is 1. The molecular weight excluding hydrogens is 393 g/mol. The number of rotatable bonds is 2. The third-order valence-electron chi connectivity index (χ3n) is 6.32. The van der Waals surface area contributed by atoms with Gasteiger partial charge in [-0.05, 0) is 37.5 Å². The van der Waals surface area contributed by atoms with Gasteiger partial charge in [-0.15, -0.1) is 0 Å². The van der Waals surface area contributed by atoms with Gasteiger partial charge in [-0.3, -0.25) is 14.5 Å². The average molecular weight is 422 g/mol. The molecule has 0 spiro atoms. The Labute approximate surface area is 168 Å². The van der Waals surface area contributed by atoms with Gasteiger partial charge in [-0.1, -0.05) is 12.8 Å². The predicted molar refractivity (Wildman–Crippen MR) is 95.7 cm³/mol. The number of likely N-dealkylation sites (tertiary alicyclic amines) is 1. The van der Waals surface area contributed by atoms with Crippen molar-refractivity contribution in [3.8, 4) is 0 Å². The van der Waals surface area contributed by atoms with Gasteiger partial charge >= 0.3 is 12.1 Å². The average Bonchev–Trinajstić information content (AvgIpc) is 3.37. The number of hydrogen-bond donors (Lipinski definition) is 1. The summed E-state index contributed by atoms with van der Waals surface area (Å²) in [6, 6.07) is 0.757. The summed E-state index contributed by atoms with van der Waals surface area (Å²) in [4.78, 5) is 30.0. The van der Waals surface area contributed by atoms with Crippen molar-refractivity contribution >= 4 is 11.9 Å². The Hall–Kier alpha value is -1.39. The molecule has 4 aliphatic rings. The maximum absolute atomic E-state index is 12.8. The standard InChI is InChI=1S/C17H28N2O3.C2HF3O2/c20-17(19-7-3-4-8-22-19)16-12-21-11-13-9-18(10-15(13)16)14-5-1-2-6-14;3-2(4,5)1(6)7/h13-16H,1-12H2;(H,6,7)/t13-,15-,16-;/m1./s1. The summed E-state index contributed by atoms with van der Waals surface area (Å²) >= 11 is 0. The third kappa shape index (κ3) is 5.61. The van der Waals surface area contributed by atoms with E-state index < -0.39 is 12.1 Å². The van der Waals surface area contributed by atoms with E-state index in [1.807, 2.05) is 0 Å². The van der Waals surface area contributed by atoms with Gasteiger partial charge in [0.05, 0.1) is 25.7 Å². The molecule has 1 amide bonds. The van der Waals surface area contributed by atoms with Crippen LogP contribution in [-0.4, -0.2) is 78.6 Å². The van der Waals surface area contributed by atoms with Crippen LogP contribution in [0.5, 0.6) is 0 Å². The number of carboxylic acid groups (broad SMARTS) is 1. The number of carbonyl (C=O) groups excluding carboxylic acids is 1. The summed E-state index contributed by atoms with van der Waals surface area (Å²) < 4.78 is 37.5. The number of nitrogens with zero attached hydrogens (tertiary/aromatic N) is 2. The second-order valence-electron chi connectivity index (χ2n) is 8.24. The Morgan fingerprint density at radius 2 is 1.69 bits per heavy atom. The van der Waals surface area contributed by atoms with Crippen LogP contribution in [0.1, 0.15) is 38.5 Å². The van der Waals surface area contributed by atoms with E-state index in [1.54, 1.807) is 5.06 Å². The molecule has 1 N–H and O–H groups in total. The molecule has 4 rings (SSSR count). The molecule has 1 aliphatic carbocycles. The first-order valence-electron chi connectivity index (χ1n) is 10.3. The number of carbonyl (C=O) groups is 2. The van der Waals surface area contributed by atoms with Crippen LogP contribution >= 0.6 is 0 Å². The zero-order chi connectivity index (χ0) is 21.0. The minimum absolute atomic E-state index is 0.00301. The molecule has 3 atom stereocenters. The molecular formula is C19H29F3N2O5. The molecule has 0 unspecified atom stereocenters. The highest BCUT2D eigenvalue weighted by Gasteiger charge is 2.47. The quantitative estimate of drug-likeness (QED) is 0.736. The lowest BCUT2D eigenvalue weighted by Gasteiger charge is -2.36. The number of aliphatic carboxylic acids is 1. The molecule has 0 bridgehead atoms. The van der Waals surface area contributed by atoms with Crippen molar-refractivity contribution in [3.05, 3.63) is 0 Å². The second kappa shape index (κ2) is 9.61. The first-order valence-corrected chi connectivity index (χ1v) is 10.3. The van der Waals surface area contributed by atoms with Crippen LogP contribution in [0.2, 0.25) is 0 Å². The molecule has 3 aliphatic heterocycles. The monoisotopic (exact) mass is 422 g/mol. The predicted octanol–water partition coefficient (Wildman–Crippen LogP) is 2.31. The molecule has 4 fully saturated rings. The minimum atomic E-state index is -5.08. The lowest BCUT2D eigenvalue weighted by atomic mass is 9.82. The van der Waals surface area contributed by atoms with Gasteiger partial charge in [0.15, 0.2) is 0 Å². The van der Waals surface area contributed by atoms with Gasteiger partial charge in [0.1, 0.15) is 0 Å². The van der Waals surface area contributed by atoms with Crippen LogP contribution in [-0.2, 0) is 19.2 Å². The van der Waals surface area contributed by atoms with Gasteiger partial charge in [-0.2, -0.15) is 13.2 Å². The summed E-state index contributed by atoms with van der Waals surface area (Å²) in [5.41, 5.74) is 0. The smallest absolute Gasteiger partial charge is 0.475 e. The normalized spacial score (nSPS) is 31.1. The van der Waals surface area contributed by atoms with Gasteiger partial charge < -0.3 is 9.84 Å². The number of halogens is 3. The van der Waals surface area contributed by atoms with Crippen molar-refractivity contribution in [2.45, 2.75) is 50.7 Å². The summed E-state index contributed by atoms with van der Waals surface area (Å²) in [6.07, 6.45) is 2.46. The topological polar surface area (TPSA) is 79.3 Å². The zero-order valence-corrected chi connectivity index (χ0v) is 16.4. The fourth-order valence-electron chi connectivity index (χ4n) is 4.81. The number of amides is 1. The maximum atomic E-state index is 12.8. The molecule has 3 saturated heterocycles. The fraction of sp³-hybridized carbons (Fsp3) is 0.895. The Balaban J connectivity index is 0.000000298. The first kappa shape index (κ1) is 22.3. The van der Waals surface area contributed by atoms with E-state index in [2.05, 4.69) is 4.90 Å². The van der Waals surface area contributed by atoms with Crippen LogP contribution in [0.15, 0.2) is 0 Å². The van der Waals surface area contributed by atoms with E-state index in [4.69, 9.17) is 19.5 Å². The number of ether oxygens (including phenoxy) is 1. The largest absolute Gasteiger partial charge is 0.490 e. The molecule has 10 heteroatoms. The fourth-order valence-corrected chi connectivity index (χ4v) is 4.81. The van der Waals surface area contributed by atoms with E-state index >= 15 is 0 Å². The Bertz CT molecular complexity index is 577. The molecule has 1 saturated carbocycles. The first-order chi connectivity index (χ1) is 13.8. The van der Waals surface area contributed by atoms with Crippen molar-refractivity contribution in [1.82, 2.24) is 9.96 Å². The molecule has 29 heavy (non-hydrogen) atoms. The highest BCUT2D eigenvalue weighted by Crippen LogP contribution is 2.38. The van der Waals surface area contributed by atoms with Crippen LogP contribution < -0.4 is 0 Å². The van der Waals surface area contributed by atoms with Gasteiger partial charge in [0.2, 0.25) is 0 Å². The highest BCUT2D eigenvalue weighted by atomic mass is 19.4. The summed E-state index contributed by atoms with van der Waals surface area (Å²) in [5, 5.41) is 8.75. The second-order valence-corrected chi connectivity index (χ2v) is 8.24. The van der Waals surface area contributed by atoms with Crippen molar-refractivity contribution < 1.29 is 37.4 Å². The lowest BCUT2D eigenvalue weighted by Crippen LogP contribution is -2.47. The van der Waals surface area contributed by atoms with E-state index in [0.29, 0.717) is 25.0 Å². The molecule has 7 nitrogen and oxygen atoms in total. The summed E-state index contributed by atoms with van der Waals surface area (Å²) in [6.45, 7) is 5.06. The summed E-state index contributed by atoms with van der Waals surface area (Å²) in [5.74, 6) is -1.58. The minimum Gasteiger partial charge on any atom is -0.475 e. The number of hydrogen-bond acceptors (Lipinski definition) is 5. The van der Waals surface area contributed by atoms with Crippen LogP contribution in [0.3, 0.4) is 0 Å². The van der Waals surface area contributed by atoms with Gasteiger partial charge in [0.25, 0.3) is 5.91 Å². The lowest BCUT2D eigenvalue weighted by molar-refractivity contribution is -0.207. The molecule has 0 radical (unpaired) electrons. The Morgan fingerprint density at radius 3 is 2.28 bits per heavy atom. The van der Waals surface area contributed by atoms with Crippen molar-refractivity contribution in [2.24, 2.45) is 17.8 Å². The summed E-state index contributed by atoms with van der Waals surface area (Å²) in [7, 11) is 0. The number of carboxylic acids is 1. The highest BCUT2D eigenvalue weighted by molar-refractivity contribution is 5.78. The zero-order valence-electron chi connectivity index (χ0n) is 16.4. The molecule has 3 heterocycles. The van der Waals surface area contributed by atoms with Crippen molar-refractivity contribution in [2.75, 3.05) is 39.5 Å². The van der Waals surface area contributed by atoms with E-state index in [-0.39, 0.29) is 11.8 Å². The van der Waals surface area contributed by atoms with Crippen LogP contribution in [0.25, 0.3) is 0 Å². The van der Waals surface area contributed by atoms with Crippen molar-refractivity contribution in [3.63, 3.8) is 0 Å². The van der Waals surface area contributed by atoms with Gasteiger partial charge in [0, 0.05) is 25.7 Å². The van der Waals surface area contributed by atoms with Crippen molar-refractivity contribution in [1.29, 1.82) is 0 Å². The molecule has 0 aromatic rings. The molecule has 0 aromatic carbocycles. The van der Waals surface area contributed by atoms with Gasteiger partial charge in [-0.25, -0.2) is 9.86 Å². The molecule has 166 valence electrons. The number of hydroxylamine groups is 2. The van der Waals surface area contributed by atoms with E-state index in [9.17, 15) is 18.0 Å². The van der Waals surface area contributed by atoms with E-state index in [1.165, 1.54) is 25.7 Å². The SMILES string of the molecule is O=C(O)C(F)(F)F.O=C([C@@H]1COC[C@H]2CN(C3CCCC3)C[C@H]21)N1CCCCO1. The third-order valence-corrected chi connectivity index (χ3v) is 6.32.